The largest absolute Gasteiger partial charge is 0.369 e. The van der Waals surface area contributed by atoms with Gasteiger partial charge >= 0.3 is 0 Å². The molecule has 1 aromatic carbocycles. The molecule has 0 aliphatic carbocycles. The number of rotatable bonds is 4. The molecule has 2 fully saturated rings. The summed E-state index contributed by atoms with van der Waals surface area (Å²) in [7, 11) is 2.23. The van der Waals surface area contributed by atoms with Gasteiger partial charge in [-0.3, -0.25) is 4.90 Å². The standard InChI is InChI=1S/C19H31N3/c1-16(2)17-6-7-18(15-21-8-4-5-9-21)19(14-17)22-12-10-20(3)11-13-22/h6-7,14,16H,4-5,8-13,15H2,1-3H3. The van der Waals surface area contributed by atoms with Crippen molar-refractivity contribution in [3.05, 3.63) is 29.3 Å². The molecule has 0 amide bonds. The van der Waals surface area contributed by atoms with E-state index in [1.807, 2.05) is 0 Å². The third kappa shape index (κ3) is 3.64. The number of hydrogen-bond donors (Lipinski definition) is 0. The number of benzene rings is 1. The molecule has 0 N–H and O–H groups in total. The molecule has 1 aromatic rings. The summed E-state index contributed by atoms with van der Waals surface area (Å²) in [6, 6.07) is 7.19. The Morgan fingerprint density at radius 1 is 0.955 bits per heavy atom. The summed E-state index contributed by atoms with van der Waals surface area (Å²) < 4.78 is 0. The summed E-state index contributed by atoms with van der Waals surface area (Å²) in [4.78, 5) is 7.66. The molecule has 2 saturated heterocycles. The number of hydrogen-bond acceptors (Lipinski definition) is 3. The Morgan fingerprint density at radius 3 is 2.27 bits per heavy atom. The lowest BCUT2D eigenvalue weighted by Crippen LogP contribution is -2.45. The number of likely N-dealkylation sites (N-methyl/N-ethyl adjacent to an activating group) is 1. The van der Waals surface area contributed by atoms with Crippen molar-refractivity contribution in [3.8, 4) is 0 Å². The van der Waals surface area contributed by atoms with E-state index < -0.39 is 0 Å². The van der Waals surface area contributed by atoms with Crippen LogP contribution in [0.2, 0.25) is 0 Å². The molecule has 2 aliphatic heterocycles. The second-order valence-corrected chi connectivity index (χ2v) is 7.32. The second-order valence-electron chi connectivity index (χ2n) is 7.32. The summed E-state index contributed by atoms with van der Waals surface area (Å²) in [6.07, 6.45) is 2.74. The minimum atomic E-state index is 0.604. The Hall–Kier alpha value is -1.06. The first kappa shape index (κ1) is 15.8. The summed E-state index contributed by atoms with van der Waals surface area (Å²) in [5.74, 6) is 0.604. The molecule has 0 atom stereocenters. The quantitative estimate of drug-likeness (QED) is 0.846. The van der Waals surface area contributed by atoms with Gasteiger partial charge in [0.2, 0.25) is 0 Å². The van der Waals surface area contributed by atoms with E-state index in [0.29, 0.717) is 5.92 Å². The van der Waals surface area contributed by atoms with Gasteiger partial charge in [-0.05, 0) is 56.1 Å². The van der Waals surface area contributed by atoms with Crippen molar-refractivity contribution in [3.63, 3.8) is 0 Å². The molecule has 0 radical (unpaired) electrons. The third-order valence-corrected chi connectivity index (χ3v) is 5.21. The molecular formula is C19H31N3. The first-order valence-electron chi connectivity index (χ1n) is 8.92. The lowest BCUT2D eigenvalue weighted by atomic mass is 9.99. The molecular weight excluding hydrogens is 270 g/mol. The number of nitrogens with zero attached hydrogens (tertiary/aromatic N) is 3. The van der Waals surface area contributed by atoms with Gasteiger partial charge in [-0.1, -0.05) is 26.0 Å². The lowest BCUT2D eigenvalue weighted by molar-refractivity contribution is 0.310. The van der Waals surface area contributed by atoms with Crippen LogP contribution < -0.4 is 4.90 Å². The summed E-state index contributed by atoms with van der Waals surface area (Å²) in [5.41, 5.74) is 4.49. The summed E-state index contributed by atoms with van der Waals surface area (Å²) in [6.45, 7) is 12.9. The Bertz CT molecular complexity index is 483. The zero-order valence-corrected chi connectivity index (χ0v) is 14.5. The predicted molar refractivity (Wildman–Crippen MR) is 94.8 cm³/mol. The number of likely N-dealkylation sites (tertiary alicyclic amines) is 1. The molecule has 3 heteroatoms. The average molecular weight is 301 g/mol. The zero-order chi connectivity index (χ0) is 15.5. The van der Waals surface area contributed by atoms with Crippen molar-refractivity contribution in [1.29, 1.82) is 0 Å². The van der Waals surface area contributed by atoms with E-state index in [4.69, 9.17) is 0 Å². The third-order valence-electron chi connectivity index (χ3n) is 5.21. The van der Waals surface area contributed by atoms with E-state index in [-0.39, 0.29) is 0 Å². The van der Waals surface area contributed by atoms with E-state index >= 15 is 0 Å². The number of anilines is 1. The summed E-state index contributed by atoms with van der Waals surface area (Å²) in [5, 5.41) is 0. The first-order chi connectivity index (χ1) is 10.6. The van der Waals surface area contributed by atoms with E-state index in [2.05, 4.69) is 53.8 Å². The Morgan fingerprint density at radius 2 is 1.64 bits per heavy atom. The van der Waals surface area contributed by atoms with Gasteiger partial charge in [0.05, 0.1) is 0 Å². The predicted octanol–water partition coefficient (Wildman–Crippen LogP) is 3.16. The SMILES string of the molecule is CC(C)c1ccc(CN2CCCC2)c(N2CCN(C)CC2)c1. The fourth-order valence-corrected chi connectivity index (χ4v) is 3.60. The maximum absolute atomic E-state index is 2.62. The minimum Gasteiger partial charge on any atom is -0.369 e. The van der Waals surface area contributed by atoms with Gasteiger partial charge in [0.1, 0.15) is 0 Å². The smallest absolute Gasteiger partial charge is 0.0415 e. The fraction of sp³-hybridized carbons (Fsp3) is 0.684. The van der Waals surface area contributed by atoms with Crippen molar-refractivity contribution < 1.29 is 0 Å². The fourth-order valence-electron chi connectivity index (χ4n) is 3.60. The van der Waals surface area contributed by atoms with Gasteiger partial charge in [0, 0.05) is 38.4 Å². The minimum absolute atomic E-state index is 0.604. The van der Waals surface area contributed by atoms with Crippen LogP contribution >= 0.6 is 0 Å². The topological polar surface area (TPSA) is 9.72 Å². The second kappa shape index (κ2) is 7.01. The van der Waals surface area contributed by atoms with Crippen molar-refractivity contribution in [2.24, 2.45) is 0 Å². The van der Waals surface area contributed by atoms with Crippen molar-refractivity contribution >= 4 is 5.69 Å². The first-order valence-corrected chi connectivity index (χ1v) is 8.92. The van der Waals surface area contributed by atoms with Crippen molar-refractivity contribution in [2.45, 2.75) is 39.2 Å². The molecule has 3 nitrogen and oxygen atoms in total. The van der Waals surface area contributed by atoms with Crippen LogP contribution in [0.5, 0.6) is 0 Å². The molecule has 122 valence electrons. The highest BCUT2D eigenvalue weighted by molar-refractivity contribution is 5.56. The number of piperazine rings is 1. The zero-order valence-electron chi connectivity index (χ0n) is 14.5. The van der Waals surface area contributed by atoms with Crippen LogP contribution in [-0.4, -0.2) is 56.1 Å². The Labute approximate surface area is 135 Å². The summed E-state index contributed by atoms with van der Waals surface area (Å²) >= 11 is 0. The highest BCUT2D eigenvalue weighted by atomic mass is 15.3. The van der Waals surface area contributed by atoms with Crippen molar-refractivity contribution in [2.75, 3.05) is 51.2 Å². The maximum atomic E-state index is 2.62. The Balaban J connectivity index is 1.83. The monoisotopic (exact) mass is 301 g/mol. The van der Waals surface area contributed by atoms with Gasteiger partial charge in [-0.25, -0.2) is 0 Å². The van der Waals surface area contributed by atoms with Crippen LogP contribution in [0.3, 0.4) is 0 Å². The van der Waals surface area contributed by atoms with Crippen LogP contribution in [0, 0.1) is 0 Å². The molecule has 0 aromatic heterocycles. The average Bonchev–Trinajstić information content (AvgIpc) is 3.01. The van der Waals surface area contributed by atoms with Crippen LogP contribution in [0.4, 0.5) is 5.69 Å². The molecule has 2 aliphatic rings. The molecule has 22 heavy (non-hydrogen) atoms. The lowest BCUT2D eigenvalue weighted by Gasteiger charge is -2.36. The van der Waals surface area contributed by atoms with Crippen LogP contribution in [0.15, 0.2) is 18.2 Å². The van der Waals surface area contributed by atoms with Crippen LogP contribution in [0.25, 0.3) is 0 Å². The molecule has 0 bridgehead atoms. The van der Waals surface area contributed by atoms with E-state index in [9.17, 15) is 0 Å². The maximum Gasteiger partial charge on any atom is 0.0415 e. The van der Waals surface area contributed by atoms with Gasteiger partial charge in [0.15, 0.2) is 0 Å². The van der Waals surface area contributed by atoms with Gasteiger partial charge in [-0.15, -0.1) is 0 Å². The van der Waals surface area contributed by atoms with Gasteiger partial charge in [-0.2, -0.15) is 0 Å². The molecule has 0 saturated carbocycles. The van der Waals surface area contributed by atoms with Gasteiger partial charge < -0.3 is 9.80 Å². The van der Waals surface area contributed by atoms with E-state index in [0.717, 1.165) is 19.6 Å². The van der Waals surface area contributed by atoms with Gasteiger partial charge in [0.25, 0.3) is 0 Å². The van der Waals surface area contributed by atoms with Crippen LogP contribution in [0.1, 0.15) is 43.7 Å². The van der Waals surface area contributed by atoms with E-state index in [1.165, 1.54) is 55.8 Å². The van der Waals surface area contributed by atoms with E-state index in [1.54, 1.807) is 0 Å². The highest BCUT2D eigenvalue weighted by Gasteiger charge is 2.20. The van der Waals surface area contributed by atoms with Crippen LogP contribution in [-0.2, 0) is 6.54 Å². The Kier molecular flexibility index (Phi) is 5.04. The van der Waals surface area contributed by atoms with Crippen molar-refractivity contribution in [1.82, 2.24) is 9.80 Å². The normalized spacial score (nSPS) is 21.0. The molecule has 0 unspecified atom stereocenters. The molecule has 2 heterocycles. The highest BCUT2D eigenvalue weighted by Crippen LogP contribution is 2.29. The molecule has 0 spiro atoms. The molecule has 3 rings (SSSR count).